The molecule has 0 saturated carbocycles. The monoisotopic (exact) mass is 248 g/mol. The van der Waals surface area contributed by atoms with Gasteiger partial charge in [0.2, 0.25) is 5.91 Å². The molecule has 1 amide bonds. The highest BCUT2D eigenvalue weighted by Crippen LogP contribution is 2.14. The smallest absolute Gasteiger partial charge is 0.250 e. The van der Waals surface area contributed by atoms with Gasteiger partial charge in [-0.2, -0.15) is 0 Å². The van der Waals surface area contributed by atoms with Gasteiger partial charge in [0, 0.05) is 11.1 Å². The SMILES string of the molecule is Cc1ncsc1CNc1ccc(C(N)=O)cn1. The number of primary amides is 1. The van der Waals surface area contributed by atoms with E-state index in [9.17, 15) is 4.79 Å². The number of rotatable bonds is 4. The number of nitrogens with zero attached hydrogens (tertiary/aromatic N) is 2. The maximum absolute atomic E-state index is 10.9. The predicted molar refractivity (Wildman–Crippen MR) is 66.9 cm³/mol. The summed E-state index contributed by atoms with van der Waals surface area (Å²) in [7, 11) is 0. The van der Waals surface area contributed by atoms with Crippen LogP contribution in [0.3, 0.4) is 0 Å². The molecule has 2 aromatic heterocycles. The molecule has 0 aliphatic heterocycles. The molecule has 6 heteroatoms. The van der Waals surface area contributed by atoms with E-state index in [0.29, 0.717) is 17.9 Å². The van der Waals surface area contributed by atoms with Crippen LogP contribution in [0.5, 0.6) is 0 Å². The van der Waals surface area contributed by atoms with Crippen LogP contribution < -0.4 is 11.1 Å². The topological polar surface area (TPSA) is 80.9 Å². The van der Waals surface area contributed by atoms with Crippen molar-refractivity contribution in [3.63, 3.8) is 0 Å². The number of pyridine rings is 1. The number of hydrogen-bond donors (Lipinski definition) is 2. The number of amides is 1. The van der Waals surface area contributed by atoms with Crippen molar-refractivity contribution in [1.29, 1.82) is 0 Å². The number of carbonyl (C=O) groups is 1. The zero-order chi connectivity index (χ0) is 12.3. The second kappa shape index (κ2) is 4.92. The fourth-order valence-electron chi connectivity index (χ4n) is 1.31. The van der Waals surface area contributed by atoms with Crippen molar-refractivity contribution >= 4 is 23.1 Å². The molecule has 0 aliphatic carbocycles. The lowest BCUT2D eigenvalue weighted by Crippen LogP contribution is -2.11. The maximum Gasteiger partial charge on any atom is 0.250 e. The number of hydrogen-bond acceptors (Lipinski definition) is 5. The molecule has 0 aromatic carbocycles. The van der Waals surface area contributed by atoms with Gasteiger partial charge in [-0.1, -0.05) is 0 Å². The lowest BCUT2D eigenvalue weighted by Gasteiger charge is -2.04. The van der Waals surface area contributed by atoms with E-state index in [1.807, 2.05) is 12.4 Å². The Morgan fingerprint density at radius 1 is 1.47 bits per heavy atom. The number of nitrogens with two attached hydrogens (primary N) is 1. The van der Waals surface area contributed by atoms with Gasteiger partial charge >= 0.3 is 0 Å². The normalized spacial score (nSPS) is 10.2. The van der Waals surface area contributed by atoms with Crippen molar-refractivity contribution in [3.05, 3.63) is 40.0 Å². The Bertz CT molecular complexity index is 521. The molecule has 2 heterocycles. The Hall–Kier alpha value is -1.95. The third kappa shape index (κ3) is 2.79. The number of carbonyl (C=O) groups excluding carboxylic acids is 1. The van der Waals surface area contributed by atoms with Crippen LogP contribution in [0.1, 0.15) is 20.9 Å². The minimum atomic E-state index is -0.470. The highest BCUT2D eigenvalue weighted by molar-refractivity contribution is 7.09. The molecule has 5 nitrogen and oxygen atoms in total. The average molecular weight is 248 g/mol. The molecular weight excluding hydrogens is 236 g/mol. The van der Waals surface area contributed by atoms with Crippen LogP contribution in [0, 0.1) is 6.92 Å². The molecule has 2 rings (SSSR count). The molecule has 0 atom stereocenters. The van der Waals surface area contributed by atoms with Gasteiger partial charge in [0.25, 0.3) is 0 Å². The minimum Gasteiger partial charge on any atom is -0.366 e. The fraction of sp³-hybridized carbons (Fsp3) is 0.182. The van der Waals surface area contributed by atoms with E-state index in [1.165, 1.54) is 11.1 Å². The zero-order valence-electron chi connectivity index (χ0n) is 9.30. The summed E-state index contributed by atoms with van der Waals surface area (Å²) in [6, 6.07) is 3.38. The third-order valence-electron chi connectivity index (χ3n) is 2.32. The summed E-state index contributed by atoms with van der Waals surface area (Å²) in [6.45, 7) is 2.65. The summed E-state index contributed by atoms with van der Waals surface area (Å²) in [6.07, 6.45) is 1.46. The summed E-state index contributed by atoms with van der Waals surface area (Å²) in [4.78, 5) is 20.3. The molecule has 0 aliphatic rings. The summed E-state index contributed by atoms with van der Waals surface area (Å²) in [5.74, 6) is 0.241. The molecule has 0 unspecified atom stereocenters. The summed E-state index contributed by atoms with van der Waals surface area (Å²) in [5, 5.41) is 3.16. The third-order valence-corrected chi connectivity index (χ3v) is 3.26. The standard InChI is InChI=1S/C11H12N4OS/c1-7-9(17-6-15-7)5-14-10-3-2-8(4-13-10)11(12)16/h2-4,6H,5H2,1H3,(H2,12,16)(H,13,14). The van der Waals surface area contributed by atoms with Crippen molar-refractivity contribution in [1.82, 2.24) is 9.97 Å². The van der Waals surface area contributed by atoms with Crippen LogP contribution in [0.15, 0.2) is 23.8 Å². The molecule has 0 radical (unpaired) electrons. The molecule has 0 saturated heterocycles. The number of nitrogens with one attached hydrogen (secondary N) is 1. The first kappa shape index (κ1) is 11.5. The number of aryl methyl sites for hydroxylation is 1. The van der Waals surface area contributed by atoms with Crippen molar-refractivity contribution in [3.8, 4) is 0 Å². The van der Waals surface area contributed by atoms with E-state index >= 15 is 0 Å². The van der Waals surface area contributed by atoms with Crippen LogP contribution in [0.4, 0.5) is 5.82 Å². The van der Waals surface area contributed by atoms with E-state index in [-0.39, 0.29) is 0 Å². The lowest BCUT2D eigenvalue weighted by atomic mass is 10.3. The minimum absolute atomic E-state index is 0.407. The van der Waals surface area contributed by atoms with Gasteiger partial charge in [-0.25, -0.2) is 9.97 Å². The second-order valence-electron chi connectivity index (χ2n) is 3.51. The number of anilines is 1. The predicted octanol–water partition coefficient (Wildman–Crippen LogP) is 1.56. The van der Waals surface area contributed by atoms with Crippen LogP contribution in [0.25, 0.3) is 0 Å². The molecule has 0 bridgehead atoms. The van der Waals surface area contributed by atoms with Gasteiger partial charge in [-0.3, -0.25) is 4.79 Å². The van der Waals surface area contributed by atoms with Crippen molar-refractivity contribution in [2.75, 3.05) is 5.32 Å². The van der Waals surface area contributed by atoms with Gasteiger partial charge in [0.1, 0.15) is 5.82 Å². The Morgan fingerprint density at radius 2 is 2.29 bits per heavy atom. The lowest BCUT2D eigenvalue weighted by molar-refractivity contribution is 0.1000. The second-order valence-corrected chi connectivity index (χ2v) is 4.45. The Kier molecular flexibility index (Phi) is 3.34. The van der Waals surface area contributed by atoms with Gasteiger partial charge in [-0.05, 0) is 19.1 Å². The van der Waals surface area contributed by atoms with Crippen LogP contribution >= 0.6 is 11.3 Å². The first-order valence-electron chi connectivity index (χ1n) is 5.05. The van der Waals surface area contributed by atoms with Crippen LogP contribution in [-0.4, -0.2) is 15.9 Å². The van der Waals surface area contributed by atoms with E-state index in [4.69, 9.17) is 5.73 Å². The molecule has 0 spiro atoms. The van der Waals surface area contributed by atoms with Crippen molar-refractivity contribution in [2.45, 2.75) is 13.5 Å². The number of aromatic nitrogens is 2. The Morgan fingerprint density at radius 3 is 2.82 bits per heavy atom. The first-order chi connectivity index (χ1) is 8.16. The highest BCUT2D eigenvalue weighted by Gasteiger charge is 2.03. The Labute approximate surface area is 103 Å². The molecule has 3 N–H and O–H groups in total. The van der Waals surface area contributed by atoms with Crippen molar-refractivity contribution < 1.29 is 4.79 Å². The Balaban J connectivity index is 2.00. The quantitative estimate of drug-likeness (QED) is 0.860. The molecule has 17 heavy (non-hydrogen) atoms. The van der Waals surface area contributed by atoms with Gasteiger partial charge < -0.3 is 11.1 Å². The number of thiazole rings is 1. The van der Waals surface area contributed by atoms with Gasteiger partial charge in [0.05, 0.1) is 23.3 Å². The summed E-state index contributed by atoms with van der Waals surface area (Å²) < 4.78 is 0. The van der Waals surface area contributed by atoms with E-state index in [2.05, 4.69) is 15.3 Å². The fourth-order valence-corrected chi connectivity index (χ4v) is 2.03. The maximum atomic E-state index is 10.9. The molecule has 0 fully saturated rings. The van der Waals surface area contributed by atoms with Gasteiger partial charge in [-0.15, -0.1) is 11.3 Å². The van der Waals surface area contributed by atoms with Crippen LogP contribution in [0.2, 0.25) is 0 Å². The molecular formula is C11H12N4OS. The van der Waals surface area contributed by atoms with Gasteiger partial charge in [0.15, 0.2) is 0 Å². The highest BCUT2D eigenvalue weighted by atomic mass is 32.1. The summed E-state index contributed by atoms with van der Waals surface area (Å²) in [5.41, 5.74) is 8.38. The molecule has 88 valence electrons. The molecule has 2 aromatic rings. The van der Waals surface area contributed by atoms with E-state index in [0.717, 1.165) is 5.69 Å². The van der Waals surface area contributed by atoms with E-state index in [1.54, 1.807) is 23.5 Å². The zero-order valence-corrected chi connectivity index (χ0v) is 10.1. The van der Waals surface area contributed by atoms with Crippen LogP contribution in [-0.2, 0) is 6.54 Å². The largest absolute Gasteiger partial charge is 0.366 e. The van der Waals surface area contributed by atoms with E-state index < -0.39 is 5.91 Å². The van der Waals surface area contributed by atoms with Crippen molar-refractivity contribution in [2.24, 2.45) is 5.73 Å². The average Bonchev–Trinajstić information content (AvgIpc) is 2.73. The first-order valence-corrected chi connectivity index (χ1v) is 5.93. The summed E-state index contributed by atoms with van der Waals surface area (Å²) >= 11 is 1.60.